The molecule has 0 aliphatic carbocycles. The van der Waals surface area contributed by atoms with Crippen LogP contribution < -0.4 is 5.32 Å². The Morgan fingerprint density at radius 3 is 2.84 bits per heavy atom. The second-order valence-electron chi connectivity index (χ2n) is 7.16. The second-order valence-corrected chi connectivity index (χ2v) is 8.51. The van der Waals surface area contributed by atoms with Crippen LogP contribution in [0.2, 0.25) is 0 Å². The zero-order chi connectivity index (χ0) is 18.4. The Morgan fingerprint density at radius 2 is 2.20 bits per heavy atom. The molecule has 1 heterocycles. The fourth-order valence-electron chi connectivity index (χ4n) is 2.98. The molecule has 0 spiro atoms. The number of halogens is 1. The summed E-state index contributed by atoms with van der Waals surface area (Å²) in [5, 5.41) is 4.09. The third kappa shape index (κ3) is 5.89. The van der Waals surface area contributed by atoms with E-state index >= 15 is 0 Å². The number of nitrogens with zero attached hydrogens (tertiary/aromatic N) is 3. The maximum atomic E-state index is 13.9. The van der Waals surface area contributed by atoms with Crippen LogP contribution in [0, 0.1) is 11.7 Å². The van der Waals surface area contributed by atoms with Crippen molar-refractivity contribution in [2.45, 2.75) is 32.2 Å². The van der Waals surface area contributed by atoms with Gasteiger partial charge in [0, 0.05) is 49.8 Å². The van der Waals surface area contributed by atoms with E-state index in [2.05, 4.69) is 40.8 Å². The highest BCUT2D eigenvalue weighted by molar-refractivity contribution is 8.00. The van der Waals surface area contributed by atoms with Crippen molar-refractivity contribution in [3.63, 3.8) is 0 Å². The minimum absolute atomic E-state index is 0.144. The molecule has 25 heavy (non-hydrogen) atoms. The van der Waals surface area contributed by atoms with Crippen LogP contribution in [-0.4, -0.2) is 61.0 Å². The summed E-state index contributed by atoms with van der Waals surface area (Å²) < 4.78 is 13.9. The van der Waals surface area contributed by atoms with Gasteiger partial charge in [-0.2, -0.15) is 11.8 Å². The van der Waals surface area contributed by atoms with E-state index in [1.54, 1.807) is 6.07 Å². The molecular weight excluding hydrogens is 335 g/mol. The topological polar surface area (TPSA) is 30.9 Å². The van der Waals surface area contributed by atoms with E-state index in [0.717, 1.165) is 35.9 Å². The average Bonchev–Trinajstić information content (AvgIpc) is 2.58. The quantitative estimate of drug-likeness (QED) is 0.641. The molecule has 1 atom stereocenters. The lowest BCUT2D eigenvalue weighted by Crippen LogP contribution is -2.48. The normalized spacial score (nSPS) is 19.0. The molecule has 0 bridgehead atoms. The summed E-state index contributed by atoms with van der Waals surface area (Å²) in [6, 6.07) is 5.35. The van der Waals surface area contributed by atoms with Gasteiger partial charge < -0.3 is 15.1 Å². The van der Waals surface area contributed by atoms with Crippen LogP contribution in [0.3, 0.4) is 0 Å². The van der Waals surface area contributed by atoms with Crippen LogP contribution in [0.15, 0.2) is 23.2 Å². The number of aliphatic imine (C=N–C) groups is 1. The molecule has 1 fully saturated rings. The van der Waals surface area contributed by atoms with Crippen molar-refractivity contribution in [3.05, 3.63) is 35.1 Å². The number of hydrogen-bond donors (Lipinski definition) is 1. The highest BCUT2D eigenvalue weighted by Crippen LogP contribution is 2.24. The molecule has 1 unspecified atom stereocenters. The number of benzene rings is 1. The predicted molar refractivity (Wildman–Crippen MR) is 107 cm³/mol. The van der Waals surface area contributed by atoms with E-state index in [-0.39, 0.29) is 5.82 Å². The Labute approximate surface area is 155 Å². The van der Waals surface area contributed by atoms with Gasteiger partial charge in [-0.25, -0.2) is 4.39 Å². The molecule has 1 aromatic carbocycles. The van der Waals surface area contributed by atoms with Crippen molar-refractivity contribution >= 4 is 17.7 Å². The summed E-state index contributed by atoms with van der Waals surface area (Å²) in [7, 11) is 5.73. The van der Waals surface area contributed by atoms with Gasteiger partial charge in [-0.05, 0) is 37.7 Å². The highest BCUT2D eigenvalue weighted by Gasteiger charge is 2.24. The minimum Gasteiger partial charge on any atom is -0.352 e. The summed E-state index contributed by atoms with van der Waals surface area (Å²) in [6.45, 7) is 7.86. The first-order valence-electron chi connectivity index (χ1n) is 8.90. The first-order valence-corrected chi connectivity index (χ1v) is 9.94. The van der Waals surface area contributed by atoms with Gasteiger partial charge >= 0.3 is 0 Å². The molecule has 1 aliphatic rings. The smallest absolute Gasteiger partial charge is 0.193 e. The Kier molecular flexibility index (Phi) is 7.56. The third-order valence-corrected chi connectivity index (χ3v) is 5.94. The van der Waals surface area contributed by atoms with Gasteiger partial charge in [0.25, 0.3) is 0 Å². The standard InChI is InChI=1S/C19H31FN4S/c1-14(2)18-13-24(8-9-25-18)19(21-3)22-11-15-6-7-17(20)16(10-15)12-23(4)5/h6-7,10,14,18H,8-9,11-13H2,1-5H3,(H,21,22). The number of nitrogens with one attached hydrogen (secondary N) is 1. The molecule has 1 aliphatic heterocycles. The van der Waals surface area contributed by atoms with Gasteiger partial charge in [0.15, 0.2) is 5.96 Å². The highest BCUT2D eigenvalue weighted by atomic mass is 32.2. The second kappa shape index (κ2) is 9.43. The number of guanidine groups is 1. The largest absolute Gasteiger partial charge is 0.352 e. The Morgan fingerprint density at radius 1 is 1.44 bits per heavy atom. The van der Waals surface area contributed by atoms with Gasteiger partial charge in [0.2, 0.25) is 0 Å². The molecule has 4 nitrogen and oxygen atoms in total. The fourth-order valence-corrected chi connectivity index (χ4v) is 4.28. The van der Waals surface area contributed by atoms with Crippen LogP contribution in [0.25, 0.3) is 0 Å². The van der Waals surface area contributed by atoms with Crippen molar-refractivity contribution < 1.29 is 4.39 Å². The third-order valence-electron chi connectivity index (χ3n) is 4.40. The zero-order valence-electron chi connectivity index (χ0n) is 16.1. The molecular formula is C19H31FN4S. The molecule has 0 amide bonds. The molecule has 6 heteroatoms. The van der Waals surface area contributed by atoms with Gasteiger partial charge in [-0.1, -0.05) is 19.9 Å². The lowest BCUT2D eigenvalue weighted by atomic mass is 10.1. The van der Waals surface area contributed by atoms with Crippen LogP contribution in [0.5, 0.6) is 0 Å². The molecule has 140 valence electrons. The number of hydrogen-bond acceptors (Lipinski definition) is 3. The van der Waals surface area contributed by atoms with Gasteiger partial charge in [-0.15, -0.1) is 0 Å². The molecule has 0 radical (unpaired) electrons. The lowest BCUT2D eigenvalue weighted by molar-refractivity contribution is 0.380. The van der Waals surface area contributed by atoms with Crippen LogP contribution in [0.4, 0.5) is 4.39 Å². The van der Waals surface area contributed by atoms with Crippen LogP contribution in [-0.2, 0) is 13.1 Å². The molecule has 0 aromatic heterocycles. The van der Waals surface area contributed by atoms with E-state index in [0.29, 0.717) is 24.3 Å². The monoisotopic (exact) mass is 366 g/mol. The molecule has 1 aromatic rings. The lowest BCUT2D eigenvalue weighted by Gasteiger charge is -2.36. The first kappa shape index (κ1) is 20.0. The molecule has 0 saturated carbocycles. The van der Waals surface area contributed by atoms with Crippen molar-refractivity contribution in [1.29, 1.82) is 0 Å². The summed E-state index contributed by atoms with van der Waals surface area (Å²) in [4.78, 5) is 8.77. The Bertz CT molecular complexity index is 589. The Balaban J connectivity index is 1.99. The van der Waals surface area contributed by atoms with Crippen molar-refractivity contribution in [3.8, 4) is 0 Å². The van der Waals surface area contributed by atoms with Gasteiger partial charge in [-0.3, -0.25) is 4.99 Å². The van der Waals surface area contributed by atoms with Gasteiger partial charge in [0.1, 0.15) is 5.82 Å². The van der Waals surface area contributed by atoms with Gasteiger partial charge in [0.05, 0.1) is 0 Å². The van der Waals surface area contributed by atoms with Crippen LogP contribution >= 0.6 is 11.8 Å². The molecule has 2 rings (SSSR count). The Hall–Kier alpha value is -1.27. The summed E-state index contributed by atoms with van der Waals surface area (Å²) in [5.41, 5.74) is 1.81. The van der Waals surface area contributed by atoms with E-state index in [1.807, 2.05) is 38.2 Å². The maximum Gasteiger partial charge on any atom is 0.193 e. The molecule has 1 N–H and O–H groups in total. The van der Waals surface area contributed by atoms with Crippen molar-refractivity contribution in [2.24, 2.45) is 10.9 Å². The average molecular weight is 367 g/mol. The van der Waals surface area contributed by atoms with Crippen molar-refractivity contribution in [2.75, 3.05) is 40.0 Å². The maximum absolute atomic E-state index is 13.9. The van der Waals surface area contributed by atoms with E-state index in [1.165, 1.54) is 0 Å². The predicted octanol–water partition coefficient (Wildman–Crippen LogP) is 3.04. The number of thioether (sulfide) groups is 1. The summed E-state index contributed by atoms with van der Waals surface area (Å²) in [5.74, 6) is 2.59. The SMILES string of the molecule is CN=C(NCc1ccc(F)c(CN(C)C)c1)N1CCSC(C(C)C)C1. The zero-order valence-corrected chi connectivity index (χ0v) is 16.9. The van der Waals surface area contributed by atoms with E-state index in [4.69, 9.17) is 0 Å². The van der Waals surface area contributed by atoms with Crippen molar-refractivity contribution in [1.82, 2.24) is 15.1 Å². The summed E-state index contributed by atoms with van der Waals surface area (Å²) in [6.07, 6.45) is 0. The first-order chi connectivity index (χ1) is 11.9. The fraction of sp³-hybridized carbons (Fsp3) is 0.632. The van der Waals surface area contributed by atoms with Crippen LogP contribution in [0.1, 0.15) is 25.0 Å². The number of rotatable bonds is 5. The minimum atomic E-state index is -0.144. The van der Waals surface area contributed by atoms with E-state index in [9.17, 15) is 4.39 Å². The summed E-state index contributed by atoms with van der Waals surface area (Å²) >= 11 is 2.06. The molecule has 1 saturated heterocycles. The van der Waals surface area contributed by atoms with E-state index < -0.39 is 0 Å².